The van der Waals surface area contributed by atoms with E-state index in [9.17, 15) is 13.5 Å². The Morgan fingerprint density at radius 2 is 1.52 bits per heavy atom. The fourth-order valence-electron chi connectivity index (χ4n) is 3.12. The minimum Gasteiger partial charge on any atom is -0.386 e. The van der Waals surface area contributed by atoms with E-state index < -0.39 is 15.6 Å². The van der Waals surface area contributed by atoms with Crippen molar-refractivity contribution in [2.24, 2.45) is 0 Å². The molecule has 4 nitrogen and oxygen atoms in total. The van der Waals surface area contributed by atoms with E-state index in [0.29, 0.717) is 16.8 Å². The van der Waals surface area contributed by atoms with Gasteiger partial charge in [-0.15, -0.1) is 0 Å². The molecule has 0 atom stereocenters. The van der Waals surface area contributed by atoms with Crippen molar-refractivity contribution in [3.8, 4) is 0 Å². The molecule has 0 unspecified atom stereocenters. The Bertz CT molecular complexity index is 965. The van der Waals surface area contributed by atoms with Crippen LogP contribution in [0.25, 0.3) is 10.9 Å². The Morgan fingerprint density at radius 1 is 0.957 bits per heavy atom. The van der Waals surface area contributed by atoms with Crippen molar-refractivity contribution < 1.29 is 13.5 Å². The molecule has 23 heavy (non-hydrogen) atoms. The maximum absolute atomic E-state index is 13.1. The van der Waals surface area contributed by atoms with Crippen LogP contribution in [0.15, 0.2) is 59.5 Å². The van der Waals surface area contributed by atoms with Gasteiger partial charge in [0.2, 0.25) is 0 Å². The molecular formula is C18H19NO3S. The third kappa shape index (κ3) is 2.46. The van der Waals surface area contributed by atoms with E-state index in [0.717, 1.165) is 5.39 Å². The SMILES string of the molecule is Cc1c(C(C)(C)O)c2ccccc2n1S(=O)(=O)c1ccccc1. The van der Waals surface area contributed by atoms with Gasteiger partial charge in [-0.2, -0.15) is 0 Å². The molecule has 0 fully saturated rings. The van der Waals surface area contributed by atoms with Gasteiger partial charge in [0.1, 0.15) is 0 Å². The lowest BCUT2D eigenvalue weighted by molar-refractivity contribution is 0.0794. The summed E-state index contributed by atoms with van der Waals surface area (Å²) in [6.45, 7) is 5.07. The van der Waals surface area contributed by atoms with Gasteiger partial charge in [-0.05, 0) is 39.0 Å². The van der Waals surface area contributed by atoms with Gasteiger partial charge in [0.25, 0.3) is 10.0 Å². The largest absolute Gasteiger partial charge is 0.386 e. The molecule has 0 amide bonds. The number of benzene rings is 2. The number of hydrogen-bond acceptors (Lipinski definition) is 3. The average Bonchev–Trinajstić information content (AvgIpc) is 2.80. The van der Waals surface area contributed by atoms with Crippen LogP contribution >= 0.6 is 0 Å². The molecule has 0 aliphatic rings. The Balaban J connectivity index is 2.42. The molecule has 2 aromatic carbocycles. The molecule has 0 saturated heterocycles. The topological polar surface area (TPSA) is 59.3 Å². The van der Waals surface area contributed by atoms with Crippen molar-refractivity contribution in [1.82, 2.24) is 3.97 Å². The Labute approximate surface area is 136 Å². The number of fused-ring (bicyclic) bond motifs is 1. The molecule has 0 radical (unpaired) electrons. The maximum Gasteiger partial charge on any atom is 0.268 e. The smallest absolute Gasteiger partial charge is 0.268 e. The first-order chi connectivity index (χ1) is 10.7. The zero-order chi connectivity index (χ0) is 16.8. The highest BCUT2D eigenvalue weighted by atomic mass is 32.2. The molecule has 0 spiro atoms. The van der Waals surface area contributed by atoms with Crippen LogP contribution in [0, 0.1) is 6.92 Å². The van der Waals surface area contributed by atoms with Gasteiger partial charge in [0.15, 0.2) is 0 Å². The Kier molecular flexibility index (Phi) is 3.58. The zero-order valence-corrected chi connectivity index (χ0v) is 14.1. The standard InChI is InChI=1S/C18H19NO3S/c1-13-17(18(2,3)20)15-11-7-8-12-16(15)19(13)23(21,22)14-9-5-4-6-10-14/h4-12,20H,1-3H3. The molecule has 120 valence electrons. The first kappa shape index (κ1) is 15.8. The van der Waals surface area contributed by atoms with Crippen LogP contribution in [0.5, 0.6) is 0 Å². The second-order valence-corrected chi connectivity index (χ2v) is 7.91. The van der Waals surface area contributed by atoms with Crippen LogP contribution in [-0.4, -0.2) is 17.5 Å². The second kappa shape index (κ2) is 5.22. The summed E-state index contributed by atoms with van der Waals surface area (Å²) >= 11 is 0. The van der Waals surface area contributed by atoms with Crippen LogP contribution in [0.4, 0.5) is 0 Å². The maximum atomic E-state index is 13.1. The molecule has 0 saturated carbocycles. The van der Waals surface area contributed by atoms with E-state index in [-0.39, 0.29) is 4.90 Å². The monoisotopic (exact) mass is 329 g/mol. The van der Waals surface area contributed by atoms with Crippen molar-refractivity contribution in [1.29, 1.82) is 0 Å². The lowest BCUT2D eigenvalue weighted by Crippen LogP contribution is -2.19. The molecular weight excluding hydrogens is 310 g/mol. The van der Waals surface area contributed by atoms with Crippen LogP contribution in [-0.2, 0) is 15.6 Å². The summed E-state index contributed by atoms with van der Waals surface area (Å²) in [6.07, 6.45) is 0. The Morgan fingerprint density at radius 3 is 2.13 bits per heavy atom. The second-order valence-electron chi connectivity index (χ2n) is 6.12. The quantitative estimate of drug-likeness (QED) is 0.801. The van der Waals surface area contributed by atoms with Crippen LogP contribution in [0.2, 0.25) is 0 Å². The molecule has 5 heteroatoms. The fraction of sp³-hybridized carbons (Fsp3) is 0.222. The lowest BCUT2D eigenvalue weighted by Gasteiger charge is -2.18. The average molecular weight is 329 g/mol. The number of rotatable bonds is 3. The number of para-hydroxylation sites is 1. The van der Waals surface area contributed by atoms with Crippen LogP contribution in [0.1, 0.15) is 25.1 Å². The van der Waals surface area contributed by atoms with Gasteiger partial charge in [0.05, 0.1) is 16.0 Å². The summed E-state index contributed by atoms with van der Waals surface area (Å²) < 4.78 is 27.5. The van der Waals surface area contributed by atoms with E-state index in [1.165, 1.54) is 3.97 Å². The predicted octanol–water partition coefficient (Wildman–Crippen LogP) is 3.41. The first-order valence-corrected chi connectivity index (χ1v) is 8.82. The van der Waals surface area contributed by atoms with Crippen molar-refractivity contribution in [2.45, 2.75) is 31.3 Å². The summed E-state index contributed by atoms with van der Waals surface area (Å²) in [5.41, 5.74) is 0.599. The number of nitrogens with zero attached hydrogens (tertiary/aromatic N) is 1. The molecule has 3 rings (SSSR count). The van der Waals surface area contributed by atoms with Gasteiger partial charge >= 0.3 is 0 Å². The van der Waals surface area contributed by atoms with Crippen molar-refractivity contribution in [3.05, 3.63) is 65.9 Å². The summed E-state index contributed by atoms with van der Waals surface area (Å²) in [6, 6.07) is 15.6. The summed E-state index contributed by atoms with van der Waals surface area (Å²) in [4.78, 5) is 0.228. The summed E-state index contributed by atoms with van der Waals surface area (Å²) in [5, 5.41) is 11.3. The highest BCUT2D eigenvalue weighted by Crippen LogP contribution is 2.36. The lowest BCUT2D eigenvalue weighted by atomic mass is 9.95. The Hall–Kier alpha value is -2.11. The number of hydrogen-bond donors (Lipinski definition) is 1. The predicted molar refractivity (Wildman–Crippen MR) is 90.9 cm³/mol. The molecule has 3 aromatic rings. The highest BCUT2D eigenvalue weighted by Gasteiger charge is 2.30. The van der Waals surface area contributed by atoms with Crippen molar-refractivity contribution >= 4 is 20.9 Å². The summed E-state index contributed by atoms with van der Waals surface area (Å²) in [7, 11) is -3.73. The molecule has 0 aliphatic carbocycles. The number of aromatic nitrogens is 1. The van der Waals surface area contributed by atoms with Crippen molar-refractivity contribution in [2.75, 3.05) is 0 Å². The highest BCUT2D eigenvalue weighted by molar-refractivity contribution is 7.90. The molecule has 1 N–H and O–H groups in total. The van der Waals surface area contributed by atoms with E-state index in [2.05, 4.69) is 0 Å². The van der Waals surface area contributed by atoms with E-state index in [4.69, 9.17) is 0 Å². The van der Waals surface area contributed by atoms with Crippen LogP contribution in [0.3, 0.4) is 0 Å². The van der Waals surface area contributed by atoms with Gasteiger partial charge in [-0.1, -0.05) is 36.4 Å². The minimum atomic E-state index is -3.73. The molecule has 1 heterocycles. The molecule has 1 aromatic heterocycles. The van der Waals surface area contributed by atoms with Crippen LogP contribution < -0.4 is 0 Å². The van der Waals surface area contributed by atoms with E-state index in [1.54, 1.807) is 63.2 Å². The van der Waals surface area contributed by atoms with Crippen molar-refractivity contribution in [3.63, 3.8) is 0 Å². The minimum absolute atomic E-state index is 0.228. The normalized spacial score (nSPS) is 12.7. The van der Waals surface area contributed by atoms with Gasteiger partial charge in [0, 0.05) is 16.6 Å². The van der Waals surface area contributed by atoms with E-state index >= 15 is 0 Å². The third-order valence-corrected chi connectivity index (χ3v) is 5.77. The van der Waals surface area contributed by atoms with E-state index in [1.807, 2.05) is 12.1 Å². The van der Waals surface area contributed by atoms with Gasteiger partial charge in [-0.3, -0.25) is 0 Å². The molecule has 0 aliphatic heterocycles. The van der Waals surface area contributed by atoms with Gasteiger partial charge in [-0.25, -0.2) is 12.4 Å². The van der Waals surface area contributed by atoms with Gasteiger partial charge < -0.3 is 5.11 Å². The fourth-order valence-corrected chi connectivity index (χ4v) is 4.70. The molecule has 0 bridgehead atoms. The number of aliphatic hydroxyl groups is 1. The zero-order valence-electron chi connectivity index (χ0n) is 13.3. The first-order valence-electron chi connectivity index (χ1n) is 7.38. The summed E-state index contributed by atoms with van der Waals surface area (Å²) in [5.74, 6) is 0. The third-order valence-electron chi connectivity index (χ3n) is 3.95.